The molecule has 3 atom stereocenters. The van der Waals surface area contributed by atoms with Crippen LogP contribution in [0.2, 0.25) is 0 Å². The topological polar surface area (TPSA) is 114 Å². The van der Waals surface area contributed by atoms with E-state index in [9.17, 15) is 19.2 Å². The molecule has 0 spiro atoms. The minimum atomic E-state index is -1.26. The molecule has 2 unspecified atom stereocenters. The van der Waals surface area contributed by atoms with Crippen molar-refractivity contribution < 1.29 is 33.4 Å². The number of nitrogens with zero attached hydrogens (tertiary/aromatic N) is 2. The van der Waals surface area contributed by atoms with Crippen LogP contribution in [0.25, 0.3) is 0 Å². The van der Waals surface area contributed by atoms with Crippen LogP contribution in [0.5, 0.6) is 5.75 Å². The van der Waals surface area contributed by atoms with Gasteiger partial charge in [0.2, 0.25) is 12.1 Å². The van der Waals surface area contributed by atoms with Gasteiger partial charge in [-0.05, 0) is 17.7 Å². The summed E-state index contributed by atoms with van der Waals surface area (Å²) < 4.78 is 15.5. The van der Waals surface area contributed by atoms with Gasteiger partial charge in [-0.1, -0.05) is 48.5 Å². The van der Waals surface area contributed by atoms with Crippen LogP contribution in [-0.2, 0) is 30.5 Å². The van der Waals surface area contributed by atoms with Crippen LogP contribution in [0.1, 0.15) is 5.56 Å². The van der Waals surface area contributed by atoms with E-state index in [1.807, 2.05) is 24.3 Å². The minimum absolute atomic E-state index is 0.00509. The summed E-state index contributed by atoms with van der Waals surface area (Å²) in [7, 11) is 1.19. The zero-order chi connectivity index (χ0) is 23.4. The molecule has 172 valence electrons. The number of fused-ring (bicyclic) bond motifs is 1. The summed E-state index contributed by atoms with van der Waals surface area (Å²) in [6.45, 7) is -0.257. The number of carbonyl (C=O) groups is 4. The Bertz CT molecular complexity index is 1030. The van der Waals surface area contributed by atoms with Crippen LogP contribution in [0.4, 0.5) is 4.79 Å². The van der Waals surface area contributed by atoms with Crippen molar-refractivity contribution >= 4 is 23.9 Å². The maximum Gasteiger partial charge on any atom is 0.411 e. The number of amides is 3. The van der Waals surface area contributed by atoms with E-state index in [0.29, 0.717) is 5.75 Å². The van der Waals surface area contributed by atoms with Crippen LogP contribution in [-0.4, -0.2) is 72.2 Å². The van der Waals surface area contributed by atoms with Crippen molar-refractivity contribution in [1.82, 2.24) is 15.1 Å². The Morgan fingerprint density at radius 2 is 1.70 bits per heavy atom. The van der Waals surface area contributed by atoms with Crippen molar-refractivity contribution in [3.63, 3.8) is 0 Å². The van der Waals surface area contributed by atoms with Crippen molar-refractivity contribution in [1.29, 1.82) is 0 Å². The van der Waals surface area contributed by atoms with E-state index < -0.39 is 42.1 Å². The lowest BCUT2D eigenvalue weighted by atomic mass is 9.96. The Kier molecular flexibility index (Phi) is 6.43. The quantitative estimate of drug-likeness (QED) is 0.490. The molecule has 2 heterocycles. The van der Waals surface area contributed by atoms with Gasteiger partial charge in [0.25, 0.3) is 5.91 Å². The number of ether oxygens (including phenoxy) is 3. The lowest BCUT2D eigenvalue weighted by Crippen LogP contribution is -2.71. The monoisotopic (exact) mass is 453 g/mol. The second-order valence-electron chi connectivity index (χ2n) is 7.55. The lowest BCUT2D eigenvalue weighted by molar-refractivity contribution is -0.168. The Morgan fingerprint density at radius 3 is 2.36 bits per heavy atom. The average molecular weight is 453 g/mol. The van der Waals surface area contributed by atoms with E-state index in [1.165, 1.54) is 12.0 Å². The van der Waals surface area contributed by atoms with Gasteiger partial charge in [-0.15, -0.1) is 0 Å². The van der Waals surface area contributed by atoms with Gasteiger partial charge in [0.15, 0.2) is 6.61 Å². The molecule has 4 rings (SSSR count). The first-order valence-electron chi connectivity index (χ1n) is 10.3. The van der Waals surface area contributed by atoms with Crippen LogP contribution >= 0.6 is 0 Å². The maximum absolute atomic E-state index is 12.8. The van der Waals surface area contributed by atoms with Crippen molar-refractivity contribution in [2.75, 3.05) is 20.3 Å². The molecule has 2 saturated heterocycles. The second-order valence-corrected chi connectivity index (χ2v) is 7.55. The van der Waals surface area contributed by atoms with Gasteiger partial charge in [-0.2, -0.15) is 0 Å². The predicted molar refractivity (Wildman–Crippen MR) is 114 cm³/mol. The van der Waals surface area contributed by atoms with Gasteiger partial charge in [0.05, 0.1) is 13.2 Å². The summed E-state index contributed by atoms with van der Waals surface area (Å²) in [4.78, 5) is 52.5. The molecular weight excluding hydrogens is 430 g/mol. The molecule has 10 heteroatoms. The Morgan fingerprint density at radius 1 is 1.03 bits per heavy atom. The molecule has 3 amide bonds. The number of rotatable bonds is 7. The number of carbonyl (C=O) groups excluding carboxylic acids is 4. The smallest absolute Gasteiger partial charge is 0.411 e. The fourth-order valence-electron chi connectivity index (χ4n) is 3.89. The number of methoxy groups -OCH3 is 1. The van der Waals surface area contributed by atoms with Crippen LogP contribution in [0, 0.1) is 0 Å². The summed E-state index contributed by atoms with van der Waals surface area (Å²) in [6, 6.07) is 16.4. The van der Waals surface area contributed by atoms with Crippen LogP contribution in [0.15, 0.2) is 60.7 Å². The largest absolute Gasteiger partial charge is 0.484 e. The molecule has 2 aliphatic rings. The van der Waals surface area contributed by atoms with E-state index in [4.69, 9.17) is 14.2 Å². The predicted octanol–water partition coefficient (Wildman–Crippen LogP) is 0.912. The first kappa shape index (κ1) is 22.1. The number of hydrogen-bond acceptors (Lipinski definition) is 7. The van der Waals surface area contributed by atoms with E-state index in [1.54, 1.807) is 36.4 Å². The number of esters is 1. The van der Waals surface area contributed by atoms with Crippen molar-refractivity contribution in [3.8, 4) is 5.75 Å². The zero-order valence-corrected chi connectivity index (χ0v) is 17.9. The molecule has 0 aromatic heterocycles. The van der Waals surface area contributed by atoms with Crippen molar-refractivity contribution in [2.45, 2.75) is 24.9 Å². The number of benzene rings is 2. The van der Waals surface area contributed by atoms with Crippen LogP contribution in [0.3, 0.4) is 0 Å². The standard InChI is InChI=1S/C23H23N3O7/c1-31-23(30)25-12-17-19(24-18(27)14-32-16-10-6-3-7-11-16)21(28)26(17)20(25)22(29)33-13-15-8-4-2-5-9-15/h2-11,17,19-20H,12-14H2,1H3,(H,24,27)/t17?,19-,20?/m1/s1. The minimum Gasteiger partial charge on any atom is -0.484 e. The molecular formula is C23H23N3O7. The van der Waals surface area contributed by atoms with E-state index in [2.05, 4.69) is 5.32 Å². The molecule has 2 aliphatic heterocycles. The molecule has 33 heavy (non-hydrogen) atoms. The van der Waals surface area contributed by atoms with Gasteiger partial charge in [-0.3, -0.25) is 14.5 Å². The summed E-state index contributed by atoms with van der Waals surface area (Å²) in [6.07, 6.45) is -2.02. The van der Waals surface area contributed by atoms with Crippen molar-refractivity contribution in [3.05, 3.63) is 66.2 Å². The Hall–Kier alpha value is -4.08. The summed E-state index contributed by atoms with van der Waals surface area (Å²) in [5.74, 6) is -1.21. The third-order valence-corrected chi connectivity index (χ3v) is 5.48. The fraction of sp³-hybridized carbons (Fsp3) is 0.304. The third-order valence-electron chi connectivity index (χ3n) is 5.48. The van der Waals surface area contributed by atoms with Gasteiger partial charge in [0.1, 0.15) is 18.4 Å². The van der Waals surface area contributed by atoms with E-state index in [0.717, 1.165) is 10.5 Å². The lowest BCUT2D eigenvalue weighted by Gasteiger charge is -2.43. The zero-order valence-electron chi connectivity index (χ0n) is 17.9. The average Bonchev–Trinajstić information content (AvgIpc) is 3.22. The number of β-lactam (4-membered cyclic amide) rings is 1. The normalized spacial score (nSPS) is 21.0. The Labute approximate surface area is 190 Å². The molecule has 0 radical (unpaired) electrons. The third kappa shape index (κ3) is 4.59. The SMILES string of the molecule is COC(=O)N1CC2[C@@H](NC(=O)COc3ccccc3)C(=O)N2C1C(=O)OCc1ccccc1. The summed E-state index contributed by atoms with van der Waals surface area (Å²) in [5, 5.41) is 2.62. The molecule has 10 nitrogen and oxygen atoms in total. The van der Waals surface area contributed by atoms with Gasteiger partial charge in [0, 0.05) is 6.54 Å². The molecule has 0 bridgehead atoms. The van der Waals surface area contributed by atoms with Crippen LogP contribution < -0.4 is 10.1 Å². The molecule has 0 saturated carbocycles. The van der Waals surface area contributed by atoms with E-state index >= 15 is 0 Å². The molecule has 2 aromatic carbocycles. The first-order valence-corrected chi connectivity index (χ1v) is 10.3. The maximum atomic E-state index is 12.8. The number of para-hydroxylation sites is 1. The highest BCUT2D eigenvalue weighted by molar-refractivity contribution is 5.98. The highest BCUT2D eigenvalue weighted by Crippen LogP contribution is 2.33. The van der Waals surface area contributed by atoms with Gasteiger partial charge < -0.3 is 24.4 Å². The Balaban J connectivity index is 1.39. The van der Waals surface area contributed by atoms with Crippen molar-refractivity contribution in [2.24, 2.45) is 0 Å². The number of hydrogen-bond donors (Lipinski definition) is 1. The number of nitrogens with one attached hydrogen (secondary N) is 1. The highest BCUT2D eigenvalue weighted by atomic mass is 16.6. The van der Waals surface area contributed by atoms with Gasteiger partial charge in [-0.25, -0.2) is 9.59 Å². The highest BCUT2D eigenvalue weighted by Gasteiger charge is 2.61. The second kappa shape index (κ2) is 9.60. The van der Waals surface area contributed by atoms with Gasteiger partial charge >= 0.3 is 12.1 Å². The molecule has 2 aromatic rings. The summed E-state index contributed by atoms with van der Waals surface area (Å²) in [5.41, 5.74) is 0.767. The molecule has 0 aliphatic carbocycles. The summed E-state index contributed by atoms with van der Waals surface area (Å²) >= 11 is 0. The molecule has 2 fully saturated rings. The molecule has 1 N–H and O–H groups in total. The first-order chi connectivity index (χ1) is 16.0. The fourth-order valence-corrected chi connectivity index (χ4v) is 3.89. The van der Waals surface area contributed by atoms with E-state index in [-0.39, 0.29) is 19.8 Å².